The molecule has 0 aromatic heterocycles. The molecule has 20 heavy (non-hydrogen) atoms. The lowest BCUT2D eigenvalue weighted by Gasteiger charge is -2.30. The van der Waals surface area contributed by atoms with Crippen LogP contribution in [-0.4, -0.2) is 23.0 Å². The summed E-state index contributed by atoms with van der Waals surface area (Å²) < 4.78 is 0. The first-order valence-electron chi connectivity index (χ1n) is 7.07. The van der Waals surface area contributed by atoms with Crippen molar-refractivity contribution < 1.29 is 0 Å². The van der Waals surface area contributed by atoms with Crippen molar-refractivity contribution in [2.45, 2.75) is 19.1 Å². The third kappa shape index (κ3) is 2.85. The van der Waals surface area contributed by atoms with Gasteiger partial charge < -0.3 is 9.80 Å². The number of likely N-dealkylation sites (N-methyl/N-ethyl adjacent to an activating group) is 1. The summed E-state index contributed by atoms with van der Waals surface area (Å²) in [5.41, 5.74) is 2.73. The minimum atomic E-state index is 0.401. The third-order valence-corrected chi connectivity index (χ3v) is 3.82. The maximum Gasteiger partial charge on any atom is 0.105 e. The minimum absolute atomic E-state index is 0.401. The van der Waals surface area contributed by atoms with Gasteiger partial charge in [0.15, 0.2) is 0 Å². The molecule has 0 saturated carbocycles. The lowest BCUT2D eigenvalue weighted by atomic mass is 10.1. The molecule has 2 aromatic carbocycles. The Labute approximate surface area is 121 Å². The maximum absolute atomic E-state index is 2.41. The first-order chi connectivity index (χ1) is 9.83. The Morgan fingerprint density at radius 1 is 0.800 bits per heavy atom. The van der Waals surface area contributed by atoms with E-state index in [0.717, 1.165) is 13.0 Å². The van der Waals surface area contributed by atoms with Gasteiger partial charge in [-0.25, -0.2) is 0 Å². The zero-order valence-electron chi connectivity index (χ0n) is 11.8. The molecule has 0 amide bonds. The Kier molecular flexibility index (Phi) is 3.73. The Morgan fingerprint density at radius 3 is 2.05 bits per heavy atom. The van der Waals surface area contributed by atoms with Gasteiger partial charge in [0.25, 0.3) is 0 Å². The molecular weight excluding hydrogens is 244 g/mol. The van der Waals surface area contributed by atoms with E-state index in [2.05, 4.69) is 89.9 Å². The summed E-state index contributed by atoms with van der Waals surface area (Å²) in [4.78, 5) is 4.69. The molecule has 1 aliphatic rings. The zero-order valence-corrected chi connectivity index (χ0v) is 11.8. The second kappa shape index (κ2) is 5.83. The summed E-state index contributed by atoms with van der Waals surface area (Å²) in [6.07, 6.45) is 5.80. The minimum Gasteiger partial charge on any atom is -0.359 e. The summed E-state index contributed by atoms with van der Waals surface area (Å²) in [5, 5.41) is 0. The molecule has 2 nitrogen and oxygen atoms in total. The van der Waals surface area contributed by atoms with Gasteiger partial charge >= 0.3 is 0 Å². The molecule has 2 aromatic rings. The van der Waals surface area contributed by atoms with Crippen LogP contribution in [0.5, 0.6) is 0 Å². The topological polar surface area (TPSA) is 6.48 Å². The maximum atomic E-state index is 2.41. The highest BCUT2D eigenvalue weighted by molar-refractivity contribution is 5.19. The lowest BCUT2D eigenvalue weighted by Crippen LogP contribution is -2.37. The van der Waals surface area contributed by atoms with Crippen molar-refractivity contribution in [2.75, 3.05) is 7.05 Å². The predicted octanol–water partition coefficient (Wildman–Crippen LogP) is 3.47. The van der Waals surface area contributed by atoms with Gasteiger partial charge in [-0.1, -0.05) is 60.7 Å². The molecule has 0 radical (unpaired) electrons. The predicted molar refractivity (Wildman–Crippen MR) is 82.8 cm³/mol. The first-order valence-corrected chi connectivity index (χ1v) is 7.07. The van der Waals surface area contributed by atoms with Crippen LogP contribution < -0.4 is 0 Å². The molecule has 0 aliphatic carbocycles. The monoisotopic (exact) mass is 264 g/mol. The van der Waals surface area contributed by atoms with Crippen molar-refractivity contribution in [3.8, 4) is 0 Å². The summed E-state index contributed by atoms with van der Waals surface area (Å²) >= 11 is 0. The van der Waals surface area contributed by atoms with Gasteiger partial charge in [-0.2, -0.15) is 0 Å². The normalized spacial score (nSPS) is 17.8. The average molecular weight is 264 g/mol. The molecule has 0 N–H and O–H groups in total. The van der Waals surface area contributed by atoms with Crippen LogP contribution in [0.15, 0.2) is 73.1 Å². The molecule has 1 heterocycles. The van der Waals surface area contributed by atoms with Gasteiger partial charge in [0.05, 0.1) is 0 Å². The Balaban J connectivity index is 1.72. The number of benzene rings is 2. The molecule has 0 saturated heterocycles. The van der Waals surface area contributed by atoms with Gasteiger partial charge in [-0.15, -0.1) is 0 Å². The summed E-state index contributed by atoms with van der Waals surface area (Å²) in [7, 11) is 2.15. The van der Waals surface area contributed by atoms with Gasteiger partial charge in [0.2, 0.25) is 0 Å². The Hall–Kier alpha value is -2.22. The van der Waals surface area contributed by atoms with Crippen LogP contribution in [0.4, 0.5) is 0 Å². The number of nitrogens with zero attached hydrogens (tertiary/aromatic N) is 2. The van der Waals surface area contributed by atoms with Crippen LogP contribution >= 0.6 is 0 Å². The van der Waals surface area contributed by atoms with E-state index in [4.69, 9.17) is 0 Å². The van der Waals surface area contributed by atoms with Crippen molar-refractivity contribution in [3.63, 3.8) is 0 Å². The van der Waals surface area contributed by atoms with Gasteiger partial charge in [0.1, 0.15) is 6.17 Å². The van der Waals surface area contributed by atoms with E-state index in [1.807, 2.05) is 0 Å². The largest absolute Gasteiger partial charge is 0.359 e. The van der Waals surface area contributed by atoms with E-state index < -0.39 is 0 Å². The number of rotatable bonds is 4. The highest BCUT2D eigenvalue weighted by Gasteiger charge is 2.23. The smallest absolute Gasteiger partial charge is 0.105 e. The molecule has 3 rings (SSSR count). The zero-order chi connectivity index (χ0) is 13.8. The van der Waals surface area contributed by atoms with Gasteiger partial charge in [0, 0.05) is 32.4 Å². The molecule has 0 fully saturated rings. The van der Waals surface area contributed by atoms with Crippen molar-refractivity contribution in [1.82, 2.24) is 9.80 Å². The highest BCUT2D eigenvalue weighted by Crippen LogP contribution is 2.20. The molecule has 0 bridgehead atoms. The average Bonchev–Trinajstić information content (AvgIpc) is 2.83. The van der Waals surface area contributed by atoms with Crippen LogP contribution in [0.3, 0.4) is 0 Å². The Morgan fingerprint density at radius 2 is 1.40 bits per heavy atom. The van der Waals surface area contributed by atoms with Crippen LogP contribution in [-0.2, 0) is 13.0 Å². The fraction of sp³-hybridized carbons (Fsp3) is 0.222. The fourth-order valence-corrected chi connectivity index (χ4v) is 2.66. The molecular formula is C18H20N2. The van der Waals surface area contributed by atoms with E-state index in [1.54, 1.807) is 0 Å². The van der Waals surface area contributed by atoms with Crippen molar-refractivity contribution in [3.05, 3.63) is 84.2 Å². The van der Waals surface area contributed by atoms with Crippen LogP contribution in [0, 0.1) is 0 Å². The van der Waals surface area contributed by atoms with E-state index in [0.29, 0.717) is 6.17 Å². The molecule has 2 heteroatoms. The summed E-state index contributed by atoms with van der Waals surface area (Å²) in [5.74, 6) is 0. The van der Waals surface area contributed by atoms with Crippen LogP contribution in [0.25, 0.3) is 0 Å². The molecule has 1 aliphatic heterocycles. The van der Waals surface area contributed by atoms with Crippen molar-refractivity contribution in [2.24, 2.45) is 0 Å². The lowest BCUT2D eigenvalue weighted by molar-refractivity contribution is 0.169. The van der Waals surface area contributed by atoms with Crippen molar-refractivity contribution >= 4 is 0 Å². The SMILES string of the molecule is CN1C=CN(Cc2ccccc2)C1Cc1ccccc1. The third-order valence-electron chi connectivity index (χ3n) is 3.82. The van der Waals surface area contributed by atoms with E-state index in [1.165, 1.54) is 11.1 Å². The molecule has 0 spiro atoms. The molecule has 1 atom stereocenters. The quantitative estimate of drug-likeness (QED) is 0.834. The van der Waals surface area contributed by atoms with Gasteiger partial charge in [-0.3, -0.25) is 0 Å². The molecule has 102 valence electrons. The van der Waals surface area contributed by atoms with Crippen LogP contribution in [0.2, 0.25) is 0 Å². The highest BCUT2D eigenvalue weighted by atomic mass is 15.4. The molecule has 1 unspecified atom stereocenters. The standard InChI is InChI=1S/C18H20N2/c1-19-12-13-20(15-17-10-6-3-7-11-17)18(19)14-16-8-4-2-5-9-16/h2-13,18H,14-15H2,1H3. The van der Waals surface area contributed by atoms with Crippen molar-refractivity contribution in [1.29, 1.82) is 0 Å². The van der Waals surface area contributed by atoms with Gasteiger partial charge in [-0.05, 0) is 11.1 Å². The number of hydrogen-bond donors (Lipinski definition) is 0. The second-order valence-corrected chi connectivity index (χ2v) is 5.29. The van der Waals surface area contributed by atoms with E-state index in [9.17, 15) is 0 Å². The van der Waals surface area contributed by atoms with Crippen LogP contribution in [0.1, 0.15) is 11.1 Å². The number of hydrogen-bond acceptors (Lipinski definition) is 2. The summed E-state index contributed by atoms with van der Waals surface area (Å²) in [6.45, 7) is 0.958. The second-order valence-electron chi connectivity index (χ2n) is 5.29. The summed E-state index contributed by atoms with van der Waals surface area (Å²) in [6, 6.07) is 21.3. The first kappa shape index (κ1) is 12.8. The Bertz CT molecular complexity index is 562. The van der Waals surface area contributed by atoms with E-state index >= 15 is 0 Å². The van der Waals surface area contributed by atoms with E-state index in [-0.39, 0.29) is 0 Å². The fourth-order valence-electron chi connectivity index (χ4n) is 2.66.